The van der Waals surface area contributed by atoms with Crippen LogP contribution in [0.5, 0.6) is 5.75 Å². The van der Waals surface area contributed by atoms with Crippen LogP contribution in [0.2, 0.25) is 0 Å². The Balaban J connectivity index is 1.75. The predicted octanol–water partition coefficient (Wildman–Crippen LogP) is 3.62. The van der Waals surface area contributed by atoms with Crippen molar-refractivity contribution in [2.45, 2.75) is 26.7 Å². The standard InChI is InChI=1S/C22H24N2O5/c1-3-28-18-12-8-7-11-17(18)24-21(27)22(13-14-22)20(26)23-16-10-6-5-9-15(16)19(25)29-4-2/h5-12H,3-4,13-14H2,1-2H3,(H,23,26)(H,24,27). The Labute approximate surface area is 169 Å². The predicted molar refractivity (Wildman–Crippen MR) is 109 cm³/mol. The Morgan fingerprint density at radius 2 is 1.45 bits per heavy atom. The number of nitrogens with one attached hydrogen (secondary N) is 2. The zero-order chi connectivity index (χ0) is 20.9. The normalized spacial score (nSPS) is 13.9. The topological polar surface area (TPSA) is 93.7 Å². The lowest BCUT2D eigenvalue weighted by atomic mass is 10.0. The molecule has 2 N–H and O–H groups in total. The molecule has 1 aliphatic carbocycles. The highest BCUT2D eigenvalue weighted by Gasteiger charge is 2.56. The fourth-order valence-electron chi connectivity index (χ4n) is 3.00. The van der Waals surface area contributed by atoms with Crippen LogP contribution in [0.15, 0.2) is 48.5 Å². The van der Waals surface area contributed by atoms with Crippen molar-refractivity contribution >= 4 is 29.2 Å². The highest BCUT2D eigenvalue weighted by molar-refractivity contribution is 6.18. The maximum atomic E-state index is 12.9. The molecule has 0 radical (unpaired) electrons. The van der Waals surface area contributed by atoms with Gasteiger partial charge in [0.25, 0.3) is 0 Å². The van der Waals surface area contributed by atoms with Crippen LogP contribution in [-0.2, 0) is 14.3 Å². The van der Waals surface area contributed by atoms with Gasteiger partial charge in [0.2, 0.25) is 11.8 Å². The largest absolute Gasteiger partial charge is 0.492 e. The van der Waals surface area contributed by atoms with E-state index in [2.05, 4.69) is 10.6 Å². The van der Waals surface area contributed by atoms with Crippen molar-refractivity contribution in [1.82, 2.24) is 0 Å². The summed E-state index contributed by atoms with van der Waals surface area (Å²) in [6.07, 6.45) is 0.867. The number of benzene rings is 2. The van der Waals surface area contributed by atoms with Crippen LogP contribution in [0.4, 0.5) is 11.4 Å². The van der Waals surface area contributed by atoms with E-state index in [0.717, 1.165) is 0 Å². The molecule has 1 saturated carbocycles. The van der Waals surface area contributed by atoms with E-state index in [1.165, 1.54) is 0 Å². The van der Waals surface area contributed by atoms with Gasteiger partial charge in [0, 0.05) is 0 Å². The highest BCUT2D eigenvalue weighted by atomic mass is 16.5. The molecule has 0 spiro atoms. The Bertz CT molecular complexity index is 921. The van der Waals surface area contributed by atoms with Gasteiger partial charge in [-0.25, -0.2) is 4.79 Å². The van der Waals surface area contributed by atoms with Gasteiger partial charge in [0.15, 0.2) is 0 Å². The van der Waals surface area contributed by atoms with Crippen LogP contribution in [0, 0.1) is 5.41 Å². The second kappa shape index (κ2) is 8.77. The van der Waals surface area contributed by atoms with E-state index in [1.807, 2.05) is 13.0 Å². The molecule has 2 aromatic carbocycles. The van der Waals surface area contributed by atoms with E-state index in [4.69, 9.17) is 9.47 Å². The van der Waals surface area contributed by atoms with Gasteiger partial charge in [-0.15, -0.1) is 0 Å². The minimum atomic E-state index is -1.17. The van der Waals surface area contributed by atoms with Crippen molar-refractivity contribution in [3.63, 3.8) is 0 Å². The summed E-state index contributed by atoms with van der Waals surface area (Å²) in [6, 6.07) is 13.7. The number of hydrogen-bond acceptors (Lipinski definition) is 5. The van der Waals surface area contributed by atoms with Gasteiger partial charge in [-0.3, -0.25) is 9.59 Å². The molecule has 0 saturated heterocycles. The van der Waals surface area contributed by atoms with Crippen LogP contribution in [0.25, 0.3) is 0 Å². The lowest BCUT2D eigenvalue weighted by Gasteiger charge is -2.18. The first-order chi connectivity index (χ1) is 14.0. The first-order valence-corrected chi connectivity index (χ1v) is 9.62. The number of hydrogen-bond donors (Lipinski definition) is 2. The summed E-state index contributed by atoms with van der Waals surface area (Å²) < 4.78 is 10.6. The molecule has 7 nitrogen and oxygen atoms in total. The average Bonchev–Trinajstić information content (AvgIpc) is 3.52. The Hall–Kier alpha value is -3.35. The molecule has 0 aliphatic heterocycles. The molecule has 0 unspecified atom stereocenters. The second-order valence-corrected chi connectivity index (χ2v) is 6.69. The van der Waals surface area contributed by atoms with Gasteiger partial charge in [0.1, 0.15) is 11.2 Å². The number of esters is 1. The molecule has 0 heterocycles. The van der Waals surface area contributed by atoms with Crippen molar-refractivity contribution in [2.24, 2.45) is 5.41 Å². The summed E-state index contributed by atoms with van der Waals surface area (Å²) in [6.45, 7) is 4.26. The molecular formula is C22H24N2O5. The molecule has 1 fully saturated rings. The number of anilines is 2. The summed E-state index contributed by atoms with van der Waals surface area (Å²) in [5, 5.41) is 5.53. The first-order valence-electron chi connectivity index (χ1n) is 9.62. The Kier molecular flexibility index (Phi) is 6.16. The van der Waals surface area contributed by atoms with Crippen molar-refractivity contribution in [3.8, 4) is 5.75 Å². The van der Waals surface area contributed by atoms with Crippen LogP contribution < -0.4 is 15.4 Å². The van der Waals surface area contributed by atoms with E-state index in [9.17, 15) is 14.4 Å². The molecular weight excluding hydrogens is 372 g/mol. The Morgan fingerprint density at radius 3 is 2.07 bits per heavy atom. The van der Waals surface area contributed by atoms with Crippen LogP contribution >= 0.6 is 0 Å². The molecule has 29 heavy (non-hydrogen) atoms. The fourth-order valence-corrected chi connectivity index (χ4v) is 3.00. The maximum absolute atomic E-state index is 12.9. The van der Waals surface area contributed by atoms with E-state index < -0.39 is 23.2 Å². The van der Waals surface area contributed by atoms with Gasteiger partial charge < -0.3 is 20.1 Å². The smallest absolute Gasteiger partial charge is 0.340 e. The van der Waals surface area contributed by atoms with Crippen molar-refractivity contribution in [3.05, 3.63) is 54.1 Å². The molecule has 2 aromatic rings. The number of carbonyl (C=O) groups excluding carboxylic acids is 3. The van der Waals surface area contributed by atoms with Gasteiger partial charge in [-0.05, 0) is 51.0 Å². The average molecular weight is 396 g/mol. The zero-order valence-corrected chi connectivity index (χ0v) is 16.5. The quantitative estimate of drug-likeness (QED) is 0.525. The molecule has 3 rings (SSSR count). The summed E-state index contributed by atoms with van der Waals surface area (Å²) >= 11 is 0. The summed E-state index contributed by atoms with van der Waals surface area (Å²) in [5.41, 5.74) is -0.0723. The molecule has 0 bridgehead atoms. The van der Waals surface area contributed by atoms with E-state index >= 15 is 0 Å². The molecule has 0 aromatic heterocycles. The first kappa shape index (κ1) is 20.4. The SMILES string of the molecule is CCOC(=O)c1ccccc1NC(=O)C1(C(=O)Nc2ccccc2OCC)CC1. The molecule has 152 valence electrons. The van der Waals surface area contributed by atoms with Gasteiger partial charge in [0.05, 0.1) is 30.2 Å². The van der Waals surface area contributed by atoms with Crippen molar-refractivity contribution in [1.29, 1.82) is 0 Å². The molecule has 7 heteroatoms. The summed E-state index contributed by atoms with van der Waals surface area (Å²) in [7, 11) is 0. The maximum Gasteiger partial charge on any atom is 0.340 e. The van der Waals surface area contributed by atoms with Crippen molar-refractivity contribution < 1.29 is 23.9 Å². The highest BCUT2D eigenvalue weighted by Crippen LogP contribution is 2.48. The van der Waals surface area contributed by atoms with Crippen LogP contribution in [0.3, 0.4) is 0 Å². The Morgan fingerprint density at radius 1 is 0.862 bits per heavy atom. The summed E-state index contributed by atoms with van der Waals surface area (Å²) in [4.78, 5) is 37.9. The van der Waals surface area contributed by atoms with Gasteiger partial charge in [-0.1, -0.05) is 24.3 Å². The fraction of sp³-hybridized carbons (Fsp3) is 0.318. The minimum Gasteiger partial charge on any atom is -0.492 e. The van der Waals surface area contributed by atoms with E-state index in [1.54, 1.807) is 49.4 Å². The van der Waals surface area contributed by atoms with E-state index in [0.29, 0.717) is 36.6 Å². The van der Waals surface area contributed by atoms with Crippen molar-refractivity contribution in [2.75, 3.05) is 23.8 Å². The number of amides is 2. The molecule has 2 amide bonds. The second-order valence-electron chi connectivity index (χ2n) is 6.69. The monoisotopic (exact) mass is 396 g/mol. The minimum absolute atomic E-state index is 0.229. The third kappa shape index (κ3) is 4.39. The number of rotatable bonds is 8. The molecule has 1 aliphatic rings. The zero-order valence-electron chi connectivity index (χ0n) is 16.5. The molecule has 0 atom stereocenters. The number of para-hydroxylation sites is 3. The van der Waals surface area contributed by atoms with E-state index in [-0.39, 0.29) is 12.2 Å². The van der Waals surface area contributed by atoms with Gasteiger partial charge in [-0.2, -0.15) is 0 Å². The van der Waals surface area contributed by atoms with Crippen LogP contribution in [-0.4, -0.2) is 31.0 Å². The van der Waals surface area contributed by atoms with Gasteiger partial charge >= 0.3 is 5.97 Å². The van der Waals surface area contributed by atoms with Crippen LogP contribution in [0.1, 0.15) is 37.0 Å². The summed E-state index contributed by atoms with van der Waals surface area (Å²) in [5.74, 6) is -0.813. The third-order valence-electron chi connectivity index (χ3n) is 4.73. The lowest BCUT2D eigenvalue weighted by Crippen LogP contribution is -2.36. The third-order valence-corrected chi connectivity index (χ3v) is 4.73. The number of ether oxygens (including phenoxy) is 2. The lowest BCUT2D eigenvalue weighted by molar-refractivity contribution is -0.131. The number of carbonyl (C=O) groups is 3.